The average Bonchev–Trinajstić information content (AvgIpc) is 2.38. The van der Waals surface area contributed by atoms with E-state index in [1.807, 2.05) is 44.2 Å². The minimum absolute atomic E-state index is 0. The summed E-state index contributed by atoms with van der Waals surface area (Å²) < 4.78 is 5.53. The molecular formula is C14H23ClN2O2. The zero-order valence-electron chi connectivity index (χ0n) is 11.7. The van der Waals surface area contributed by atoms with Crippen molar-refractivity contribution in [2.45, 2.75) is 19.9 Å². The molecule has 0 saturated carbocycles. The number of hydrogen-bond acceptors (Lipinski definition) is 3. The molecule has 0 heterocycles. The van der Waals surface area contributed by atoms with Crippen LogP contribution in [0.2, 0.25) is 0 Å². The number of ether oxygens (including phenoxy) is 1. The van der Waals surface area contributed by atoms with Gasteiger partial charge in [-0.3, -0.25) is 4.79 Å². The lowest BCUT2D eigenvalue weighted by atomic mass is 10.0. The number of nitrogens with zero attached hydrogens (tertiary/aromatic N) is 1. The molecule has 1 rings (SSSR count). The summed E-state index contributed by atoms with van der Waals surface area (Å²) in [5.41, 5.74) is 5.81. The summed E-state index contributed by atoms with van der Waals surface area (Å²) in [5, 5.41) is 0. The number of carbonyl (C=O) groups excluding carboxylic acids is 1. The first-order valence-electron chi connectivity index (χ1n) is 6.20. The molecule has 0 aliphatic carbocycles. The SMILES string of the molecule is CC(C)C(N)C(=O)N(C)CCOc1ccccc1.Cl. The van der Waals surface area contributed by atoms with Gasteiger partial charge in [-0.05, 0) is 18.1 Å². The van der Waals surface area contributed by atoms with Crippen molar-refractivity contribution < 1.29 is 9.53 Å². The van der Waals surface area contributed by atoms with Crippen LogP contribution in [-0.2, 0) is 4.79 Å². The molecule has 0 fully saturated rings. The van der Waals surface area contributed by atoms with E-state index in [0.717, 1.165) is 5.75 Å². The van der Waals surface area contributed by atoms with Gasteiger partial charge in [-0.2, -0.15) is 0 Å². The maximum Gasteiger partial charge on any atom is 0.239 e. The lowest BCUT2D eigenvalue weighted by Gasteiger charge is -2.23. The Balaban J connectivity index is 0.00000324. The largest absolute Gasteiger partial charge is 0.492 e. The van der Waals surface area contributed by atoms with Crippen molar-refractivity contribution in [2.24, 2.45) is 11.7 Å². The summed E-state index contributed by atoms with van der Waals surface area (Å²) in [7, 11) is 1.75. The highest BCUT2D eigenvalue weighted by Crippen LogP contribution is 2.08. The van der Waals surface area contributed by atoms with Gasteiger partial charge in [0.2, 0.25) is 5.91 Å². The zero-order chi connectivity index (χ0) is 13.5. The number of nitrogens with two attached hydrogens (primary N) is 1. The van der Waals surface area contributed by atoms with Crippen molar-refractivity contribution in [3.63, 3.8) is 0 Å². The van der Waals surface area contributed by atoms with Crippen LogP contribution in [0.5, 0.6) is 5.75 Å². The highest BCUT2D eigenvalue weighted by atomic mass is 35.5. The molecule has 0 aliphatic heterocycles. The second kappa shape index (κ2) is 8.77. The highest BCUT2D eigenvalue weighted by molar-refractivity contribution is 5.85. The molecule has 19 heavy (non-hydrogen) atoms. The van der Waals surface area contributed by atoms with E-state index in [2.05, 4.69) is 0 Å². The molecule has 0 aromatic heterocycles. The van der Waals surface area contributed by atoms with Crippen molar-refractivity contribution in [1.82, 2.24) is 4.90 Å². The van der Waals surface area contributed by atoms with Crippen molar-refractivity contribution in [1.29, 1.82) is 0 Å². The minimum Gasteiger partial charge on any atom is -0.492 e. The summed E-state index contributed by atoms with van der Waals surface area (Å²) in [4.78, 5) is 13.5. The zero-order valence-corrected chi connectivity index (χ0v) is 12.5. The van der Waals surface area contributed by atoms with Crippen LogP contribution in [0, 0.1) is 5.92 Å². The summed E-state index contributed by atoms with van der Waals surface area (Å²) in [6.45, 7) is 4.89. The van der Waals surface area contributed by atoms with Gasteiger partial charge in [0, 0.05) is 7.05 Å². The Morgan fingerprint density at radius 2 is 1.89 bits per heavy atom. The third-order valence-electron chi connectivity index (χ3n) is 2.82. The van der Waals surface area contributed by atoms with Gasteiger partial charge in [-0.1, -0.05) is 32.0 Å². The quantitative estimate of drug-likeness (QED) is 0.869. The second-order valence-electron chi connectivity index (χ2n) is 4.69. The summed E-state index contributed by atoms with van der Waals surface area (Å²) in [6.07, 6.45) is 0. The summed E-state index contributed by atoms with van der Waals surface area (Å²) in [6, 6.07) is 9.11. The van der Waals surface area contributed by atoms with Gasteiger partial charge in [0.05, 0.1) is 12.6 Å². The Bertz CT molecular complexity index is 371. The third-order valence-corrected chi connectivity index (χ3v) is 2.82. The van der Waals surface area contributed by atoms with Crippen LogP contribution in [0.1, 0.15) is 13.8 Å². The van der Waals surface area contributed by atoms with Gasteiger partial charge in [0.15, 0.2) is 0 Å². The molecule has 108 valence electrons. The summed E-state index contributed by atoms with van der Waals surface area (Å²) >= 11 is 0. The van der Waals surface area contributed by atoms with E-state index in [1.54, 1.807) is 11.9 Å². The number of rotatable bonds is 6. The van der Waals surface area contributed by atoms with E-state index in [9.17, 15) is 4.79 Å². The third kappa shape index (κ3) is 5.94. The Morgan fingerprint density at radius 1 is 1.32 bits per heavy atom. The summed E-state index contributed by atoms with van der Waals surface area (Å²) in [5.74, 6) is 0.920. The van der Waals surface area contributed by atoms with E-state index < -0.39 is 6.04 Å². The molecule has 4 nitrogen and oxygen atoms in total. The molecule has 1 atom stereocenters. The van der Waals surface area contributed by atoms with Crippen LogP contribution in [0.25, 0.3) is 0 Å². The highest BCUT2D eigenvalue weighted by Gasteiger charge is 2.20. The molecule has 5 heteroatoms. The topological polar surface area (TPSA) is 55.6 Å². The number of amides is 1. The van der Waals surface area contributed by atoms with Crippen LogP contribution in [0.3, 0.4) is 0 Å². The van der Waals surface area contributed by atoms with Crippen LogP contribution in [-0.4, -0.2) is 37.0 Å². The maximum absolute atomic E-state index is 11.9. The first kappa shape index (κ1) is 17.7. The Labute approximate surface area is 121 Å². The van der Waals surface area contributed by atoms with Gasteiger partial charge in [0.25, 0.3) is 0 Å². The predicted molar refractivity (Wildman–Crippen MR) is 79.6 cm³/mol. The van der Waals surface area contributed by atoms with Crippen LogP contribution in [0.4, 0.5) is 0 Å². The standard InChI is InChI=1S/C14H22N2O2.ClH/c1-11(2)13(15)14(17)16(3)9-10-18-12-7-5-4-6-8-12;/h4-8,11,13H,9-10,15H2,1-3H3;1H. The average molecular weight is 287 g/mol. The maximum atomic E-state index is 11.9. The van der Waals surface area contributed by atoms with E-state index in [0.29, 0.717) is 13.2 Å². The van der Waals surface area contributed by atoms with Gasteiger partial charge in [0.1, 0.15) is 12.4 Å². The van der Waals surface area contributed by atoms with Crippen molar-refractivity contribution >= 4 is 18.3 Å². The van der Waals surface area contributed by atoms with Gasteiger partial charge < -0.3 is 15.4 Å². The predicted octanol–water partition coefficient (Wildman–Crippen LogP) is 1.93. The minimum atomic E-state index is -0.438. The molecule has 0 bridgehead atoms. The molecule has 1 aromatic rings. The molecule has 0 radical (unpaired) electrons. The Morgan fingerprint density at radius 3 is 2.42 bits per heavy atom. The number of carbonyl (C=O) groups is 1. The molecule has 1 aromatic carbocycles. The van der Waals surface area contributed by atoms with E-state index in [1.165, 1.54) is 0 Å². The lowest BCUT2D eigenvalue weighted by molar-refractivity contribution is -0.132. The fraction of sp³-hybridized carbons (Fsp3) is 0.500. The molecule has 1 amide bonds. The number of halogens is 1. The first-order chi connectivity index (χ1) is 8.52. The monoisotopic (exact) mass is 286 g/mol. The smallest absolute Gasteiger partial charge is 0.239 e. The Kier molecular flexibility index (Phi) is 8.19. The number of benzene rings is 1. The fourth-order valence-electron chi connectivity index (χ4n) is 1.47. The Hall–Kier alpha value is -1.26. The van der Waals surface area contributed by atoms with Crippen LogP contribution >= 0.6 is 12.4 Å². The van der Waals surface area contributed by atoms with E-state index >= 15 is 0 Å². The second-order valence-corrected chi connectivity index (χ2v) is 4.69. The van der Waals surface area contributed by atoms with Gasteiger partial charge >= 0.3 is 0 Å². The number of hydrogen-bond donors (Lipinski definition) is 1. The fourth-order valence-corrected chi connectivity index (χ4v) is 1.47. The van der Waals surface area contributed by atoms with Crippen LogP contribution in [0.15, 0.2) is 30.3 Å². The number of para-hydroxylation sites is 1. The molecule has 0 spiro atoms. The lowest BCUT2D eigenvalue weighted by Crippen LogP contribution is -2.46. The molecule has 0 aliphatic rings. The van der Waals surface area contributed by atoms with Crippen molar-refractivity contribution in [2.75, 3.05) is 20.2 Å². The van der Waals surface area contributed by atoms with Crippen molar-refractivity contribution in [3.8, 4) is 5.75 Å². The molecule has 0 saturated heterocycles. The molecule has 2 N–H and O–H groups in total. The van der Waals surface area contributed by atoms with Crippen LogP contribution < -0.4 is 10.5 Å². The normalized spacial score (nSPS) is 11.6. The molecule has 1 unspecified atom stereocenters. The van der Waals surface area contributed by atoms with E-state index in [4.69, 9.17) is 10.5 Å². The number of likely N-dealkylation sites (N-methyl/N-ethyl adjacent to an activating group) is 1. The van der Waals surface area contributed by atoms with Gasteiger partial charge in [-0.25, -0.2) is 0 Å². The van der Waals surface area contributed by atoms with Gasteiger partial charge in [-0.15, -0.1) is 12.4 Å². The first-order valence-corrected chi connectivity index (χ1v) is 6.20. The van der Waals surface area contributed by atoms with Crippen molar-refractivity contribution in [3.05, 3.63) is 30.3 Å². The van der Waals surface area contributed by atoms with E-state index in [-0.39, 0.29) is 24.2 Å². The molecular weight excluding hydrogens is 264 g/mol.